The van der Waals surface area contributed by atoms with Gasteiger partial charge < -0.3 is 9.67 Å². The standard InChI is InChI=1S/C16H15N3OS/c1-11(12-7-3-5-9-14(12)20)17-18-16-19(2)13-8-4-6-10-15(13)21-16/h3-10,20H,1-2H3/b17-11+,18-16-. The first kappa shape index (κ1) is 13.6. The first-order chi connectivity index (χ1) is 10.2. The molecule has 0 fully saturated rings. The van der Waals surface area contributed by atoms with Crippen LogP contribution in [0.2, 0.25) is 0 Å². The van der Waals surface area contributed by atoms with E-state index in [1.807, 2.05) is 42.8 Å². The zero-order chi connectivity index (χ0) is 14.8. The highest BCUT2D eigenvalue weighted by Crippen LogP contribution is 2.17. The van der Waals surface area contributed by atoms with Crippen molar-refractivity contribution >= 4 is 27.3 Å². The van der Waals surface area contributed by atoms with Crippen molar-refractivity contribution in [2.45, 2.75) is 6.92 Å². The number of thiazole rings is 1. The molecule has 0 aliphatic heterocycles. The van der Waals surface area contributed by atoms with Gasteiger partial charge in [-0.1, -0.05) is 35.6 Å². The predicted octanol–water partition coefficient (Wildman–Crippen LogP) is 3.27. The number of phenolic OH excluding ortho intramolecular Hbond substituents is 1. The van der Waals surface area contributed by atoms with E-state index < -0.39 is 0 Å². The summed E-state index contributed by atoms with van der Waals surface area (Å²) in [7, 11) is 1.97. The van der Waals surface area contributed by atoms with Crippen molar-refractivity contribution in [1.82, 2.24) is 4.57 Å². The molecule has 1 heterocycles. The number of aryl methyl sites for hydroxylation is 1. The molecule has 0 atom stereocenters. The zero-order valence-electron chi connectivity index (χ0n) is 11.8. The van der Waals surface area contributed by atoms with Gasteiger partial charge in [-0.15, -0.1) is 5.10 Å². The molecular formula is C16H15N3OS. The summed E-state index contributed by atoms with van der Waals surface area (Å²) in [5, 5.41) is 18.4. The Morgan fingerprint density at radius 3 is 2.57 bits per heavy atom. The second-order valence-corrected chi connectivity index (χ2v) is 5.72. The lowest BCUT2D eigenvalue weighted by Crippen LogP contribution is -2.09. The highest BCUT2D eigenvalue weighted by Gasteiger charge is 2.04. The lowest BCUT2D eigenvalue weighted by atomic mass is 10.1. The first-order valence-electron chi connectivity index (χ1n) is 6.58. The van der Waals surface area contributed by atoms with Crippen molar-refractivity contribution in [2.24, 2.45) is 17.3 Å². The van der Waals surface area contributed by atoms with Crippen molar-refractivity contribution < 1.29 is 5.11 Å². The van der Waals surface area contributed by atoms with Crippen LogP contribution in [0.1, 0.15) is 12.5 Å². The molecule has 0 radical (unpaired) electrons. The number of hydrogen-bond acceptors (Lipinski definition) is 4. The van der Waals surface area contributed by atoms with Gasteiger partial charge in [-0.25, -0.2) is 0 Å². The van der Waals surface area contributed by atoms with Crippen molar-refractivity contribution in [1.29, 1.82) is 0 Å². The number of aromatic nitrogens is 1. The van der Waals surface area contributed by atoms with Gasteiger partial charge in [0.05, 0.1) is 15.9 Å². The van der Waals surface area contributed by atoms with Gasteiger partial charge in [-0.05, 0) is 31.2 Å². The fourth-order valence-corrected chi connectivity index (χ4v) is 3.10. The van der Waals surface area contributed by atoms with Crippen molar-refractivity contribution in [2.75, 3.05) is 0 Å². The highest BCUT2D eigenvalue weighted by atomic mass is 32.1. The van der Waals surface area contributed by atoms with Crippen LogP contribution in [0.25, 0.3) is 10.2 Å². The zero-order valence-corrected chi connectivity index (χ0v) is 12.6. The fourth-order valence-electron chi connectivity index (χ4n) is 2.13. The summed E-state index contributed by atoms with van der Waals surface area (Å²) in [6, 6.07) is 15.3. The average Bonchev–Trinajstić information content (AvgIpc) is 2.82. The number of hydrogen-bond donors (Lipinski definition) is 1. The van der Waals surface area contributed by atoms with Crippen LogP contribution in [0.15, 0.2) is 58.7 Å². The Kier molecular flexibility index (Phi) is 3.58. The van der Waals surface area contributed by atoms with Crippen LogP contribution in [0.3, 0.4) is 0 Å². The molecule has 5 heteroatoms. The van der Waals surface area contributed by atoms with Gasteiger partial charge in [0.1, 0.15) is 5.75 Å². The number of fused-ring (bicyclic) bond motifs is 1. The smallest absolute Gasteiger partial charge is 0.211 e. The van der Waals surface area contributed by atoms with Crippen LogP contribution in [0.5, 0.6) is 5.75 Å². The lowest BCUT2D eigenvalue weighted by Gasteiger charge is -2.00. The summed E-state index contributed by atoms with van der Waals surface area (Å²) in [6.45, 7) is 1.84. The van der Waals surface area contributed by atoms with Crippen LogP contribution in [-0.2, 0) is 7.05 Å². The molecule has 0 aliphatic rings. The van der Waals surface area contributed by atoms with Crippen molar-refractivity contribution in [3.8, 4) is 5.75 Å². The van der Waals surface area contributed by atoms with Gasteiger partial charge in [-0.3, -0.25) is 0 Å². The quantitative estimate of drug-likeness (QED) is 0.573. The number of benzene rings is 2. The Balaban J connectivity index is 2.07. The Hall–Kier alpha value is -2.40. The third kappa shape index (κ3) is 2.60. The highest BCUT2D eigenvalue weighted by molar-refractivity contribution is 7.16. The number of nitrogens with zero attached hydrogens (tertiary/aromatic N) is 3. The van der Waals surface area contributed by atoms with E-state index in [0.717, 1.165) is 10.3 Å². The van der Waals surface area contributed by atoms with E-state index in [2.05, 4.69) is 22.3 Å². The normalized spacial score (nSPS) is 13.0. The second kappa shape index (κ2) is 5.54. The average molecular weight is 297 g/mol. The molecule has 1 N–H and O–H groups in total. The molecule has 0 amide bonds. The summed E-state index contributed by atoms with van der Waals surface area (Å²) >= 11 is 1.59. The molecule has 0 unspecified atom stereocenters. The molecule has 0 saturated carbocycles. The van der Waals surface area contributed by atoms with Crippen molar-refractivity contribution in [3.63, 3.8) is 0 Å². The molecule has 106 valence electrons. The summed E-state index contributed by atoms with van der Waals surface area (Å²) < 4.78 is 3.19. The summed E-state index contributed by atoms with van der Waals surface area (Å²) in [4.78, 5) is 0.825. The summed E-state index contributed by atoms with van der Waals surface area (Å²) in [5.41, 5.74) is 2.52. The van der Waals surface area contributed by atoms with Gasteiger partial charge in [0.15, 0.2) is 0 Å². The molecule has 21 heavy (non-hydrogen) atoms. The maximum Gasteiger partial charge on any atom is 0.211 e. The van der Waals surface area contributed by atoms with E-state index in [1.54, 1.807) is 23.5 Å². The van der Waals surface area contributed by atoms with E-state index >= 15 is 0 Å². The van der Waals surface area contributed by atoms with Gasteiger partial charge in [-0.2, -0.15) is 5.10 Å². The molecule has 3 aromatic rings. The SMILES string of the molecule is C/C(=N\N=c1/sc2ccccc2n1C)c1ccccc1O. The molecule has 0 bridgehead atoms. The monoisotopic (exact) mass is 297 g/mol. The van der Waals surface area contributed by atoms with Crippen LogP contribution in [-0.4, -0.2) is 15.4 Å². The van der Waals surface area contributed by atoms with Gasteiger partial charge in [0.25, 0.3) is 0 Å². The second-order valence-electron chi connectivity index (χ2n) is 4.71. The minimum Gasteiger partial charge on any atom is -0.507 e. The number of phenols is 1. The third-order valence-corrected chi connectivity index (χ3v) is 4.40. The van der Waals surface area contributed by atoms with Crippen LogP contribution < -0.4 is 4.80 Å². The first-order valence-corrected chi connectivity index (χ1v) is 7.39. The van der Waals surface area contributed by atoms with E-state index in [9.17, 15) is 5.11 Å². The third-order valence-electron chi connectivity index (χ3n) is 3.29. The van der Waals surface area contributed by atoms with E-state index in [1.165, 1.54) is 4.70 Å². The van der Waals surface area contributed by atoms with Gasteiger partial charge in [0.2, 0.25) is 4.80 Å². The molecule has 0 saturated heterocycles. The van der Waals surface area contributed by atoms with Crippen LogP contribution in [0, 0.1) is 0 Å². The van der Waals surface area contributed by atoms with E-state index in [0.29, 0.717) is 11.3 Å². The Morgan fingerprint density at radius 2 is 1.81 bits per heavy atom. The molecule has 0 aliphatic carbocycles. The molecule has 3 rings (SSSR count). The lowest BCUT2D eigenvalue weighted by molar-refractivity contribution is 0.474. The largest absolute Gasteiger partial charge is 0.507 e. The number of aromatic hydroxyl groups is 1. The van der Waals surface area contributed by atoms with Gasteiger partial charge in [0, 0.05) is 12.6 Å². The Bertz CT molecular complexity index is 890. The Morgan fingerprint density at radius 1 is 1.10 bits per heavy atom. The predicted molar refractivity (Wildman–Crippen MR) is 86.7 cm³/mol. The minimum absolute atomic E-state index is 0.217. The van der Waals surface area contributed by atoms with E-state index in [-0.39, 0.29) is 5.75 Å². The number of rotatable bonds is 2. The molecular weight excluding hydrogens is 282 g/mol. The maximum atomic E-state index is 9.82. The molecule has 1 aromatic heterocycles. The minimum atomic E-state index is 0.217. The summed E-state index contributed by atoms with van der Waals surface area (Å²) in [6.07, 6.45) is 0. The van der Waals surface area contributed by atoms with Gasteiger partial charge >= 0.3 is 0 Å². The van der Waals surface area contributed by atoms with Crippen LogP contribution in [0.4, 0.5) is 0 Å². The van der Waals surface area contributed by atoms with Crippen LogP contribution >= 0.6 is 11.3 Å². The van der Waals surface area contributed by atoms with Crippen molar-refractivity contribution in [3.05, 3.63) is 58.9 Å². The topological polar surface area (TPSA) is 49.9 Å². The number of para-hydroxylation sites is 2. The molecule has 2 aromatic carbocycles. The van der Waals surface area contributed by atoms with E-state index in [4.69, 9.17) is 0 Å². The Labute approximate surface area is 126 Å². The fraction of sp³-hybridized carbons (Fsp3) is 0.125. The summed E-state index contributed by atoms with van der Waals surface area (Å²) in [5.74, 6) is 0.217. The molecule has 0 spiro atoms. The molecule has 4 nitrogen and oxygen atoms in total. The maximum absolute atomic E-state index is 9.82.